The second-order valence-electron chi connectivity index (χ2n) is 3.63. The summed E-state index contributed by atoms with van der Waals surface area (Å²) in [5, 5.41) is 8.82. The van der Waals surface area contributed by atoms with Gasteiger partial charge in [0.15, 0.2) is 0 Å². The molecule has 0 radical (unpaired) electrons. The van der Waals surface area contributed by atoms with Crippen molar-refractivity contribution in [3.63, 3.8) is 0 Å². The van der Waals surface area contributed by atoms with E-state index in [9.17, 15) is 0 Å². The molecule has 0 rings (SSSR count). The fraction of sp³-hybridized carbons (Fsp3) is 1.00. The molecule has 1 atom stereocenters. The highest BCUT2D eigenvalue weighted by atomic mass is 32.1. The van der Waals surface area contributed by atoms with Crippen LogP contribution in [0.15, 0.2) is 0 Å². The van der Waals surface area contributed by atoms with Crippen molar-refractivity contribution in [2.24, 2.45) is 0 Å². The number of aliphatic hydroxyl groups is 1. The summed E-state index contributed by atoms with van der Waals surface area (Å²) in [6, 6.07) is 0. The van der Waals surface area contributed by atoms with Crippen molar-refractivity contribution in [3.05, 3.63) is 0 Å². The first kappa shape index (κ1) is 14.3. The monoisotopic (exact) mass is 220 g/mol. The number of ether oxygens (including phenoxy) is 1. The normalized spacial score (nSPS) is 13.1. The maximum atomic E-state index is 8.82. The summed E-state index contributed by atoms with van der Waals surface area (Å²) in [6.07, 6.45) is 7.56. The van der Waals surface area contributed by atoms with Gasteiger partial charge in [-0.25, -0.2) is 0 Å². The van der Waals surface area contributed by atoms with Crippen LogP contribution >= 0.6 is 12.6 Å². The fourth-order valence-corrected chi connectivity index (χ4v) is 1.52. The minimum absolute atomic E-state index is 0.0750. The van der Waals surface area contributed by atoms with Crippen molar-refractivity contribution in [2.45, 2.75) is 51.6 Å². The van der Waals surface area contributed by atoms with Gasteiger partial charge in [0, 0.05) is 12.4 Å². The van der Waals surface area contributed by atoms with E-state index in [1.165, 1.54) is 32.1 Å². The van der Waals surface area contributed by atoms with Gasteiger partial charge in [0.1, 0.15) is 0 Å². The highest BCUT2D eigenvalue weighted by Crippen LogP contribution is 2.05. The van der Waals surface area contributed by atoms with E-state index in [0.29, 0.717) is 5.75 Å². The van der Waals surface area contributed by atoms with Crippen LogP contribution in [0.1, 0.15) is 45.4 Å². The Morgan fingerprint density at radius 2 is 1.79 bits per heavy atom. The summed E-state index contributed by atoms with van der Waals surface area (Å²) in [5.74, 6) is 0.604. The van der Waals surface area contributed by atoms with Gasteiger partial charge >= 0.3 is 0 Å². The molecule has 0 fully saturated rings. The van der Waals surface area contributed by atoms with Gasteiger partial charge < -0.3 is 9.84 Å². The van der Waals surface area contributed by atoms with Gasteiger partial charge in [0.2, 0.25) is 0 Å². The molecule has 0 aromatic rings. The number of hydrogen-bond donors (Lipinski definition) is 2. The second-order valence-corrected chi connectivity index (χ2v) is 3.99. The van der Waals surface area contributed by atoms with E-state index in [1.54, 1.807) is 0 Å². The number of rotatable bonds is 10. The fourth-order valence-electron chi connectivity index (χ4n) is 1.30. The molecule has 0 saturated heterocycles. The maximum absolute atomic E-state index is 8.82. The summed E-state index contributed by atoms with van der Waals surface area (Å²) in [7, 11) is 0. The smallest absolute Gasteiger partial charge is 0.0893 e. The average Bonchev–Trinajstić information content (AvgIpc) is 2.22. The average molecular weight is 220 g/mol. The van der Waals surface area contributed by atoms with Crippen LogP contribution in [-0.4, -0.2) is 30.2 Å². The zero-order valence-electron chi connectivity index (χ0n) is 9.24. The first-order valence-corrected chi connectivity index (χ1v) is 6.31. The Balaban J connectivity index is 3.04. The van der Waals surface area contributed by atoms with Crippen molar-refractivity contribution in [3.8, 4) is 0 Å². The lowest BCUT2D eigenvalue weighted by molar-refractivity contribution is 0.0262. The lowest BCUT2D eigenvalue weighted by Crippen LogP contribution is -2.19. The van der Waals surface area contributed by atoms with Gasteiger partial charge in [-0.1, -0.05) is 39.0 Å². The standard InChI is InChI=1S/C11H24O2S/c1-2-3-4-5-6-7-8-13-11(9-12)10-14/h11-12,14H,2-10H2,1H3. The van der Waals surface area contributed by atoms with Gasteiger partial charge in [-0.15, -0.1) is 0 Å². The number of hydrogen-bond acceptors (Lipinski definition) is 3. The van der Waals surface area contributed by atoms with Crippen molar-refractivity contribution in [1.82, 2.24) is 0 Å². The van der Waals surface area contributed by atoms with Gasteiger partial charge in [-0.2, -0.15) is 12.6 Å². The van der Waals surface area contributed by atoms with Crippen LogP contribution in [0.2, 0.25) is 0 Å². The molecule has 3 heteroatoms. The largest absolute Gasteiger partial charge is 0.394 e. The van der Waals surface area contributed by atoms with Crippen LogP contribution in [0.5, 0.6) is 0 Å². The molecule has 1 unspecified atom stereocenters. The first-order valence-electron chi connectivity index (χ1n) is 5.68. The van der Waals surface area contributed by atoms with Gasteiger partial charge in [-0.3, -0.25) is 0 Å². The predicted octanol–water partition coefficient (Wildman–Crippen LogP) is 2.65. The minimum Gasteiger partial charge on any atom is -0.394 e. The van der Waals surface area contributed by atoms with Crippen molar-refractivity contribution < 1.29 is 9.84 Å². The molecule has 0 bridgehead atoms. The number of thiol groups is 1. The molecule has 0 amide bonds. The molecule has 0 heterocycles. The lowest BCUT2D eigenvalue weighted by Gasteiger charge is -2.12. The highest BCUT2D eigenvalue weighted by Gasteiger charge is 2.03. The van der Waals surface area contributed by atoms with Crippen molar-refractivity contribution in [1.29, 1.82) is 0 Å². The SMILES string of the molecule is CCCCCCCCOC(CO)CS. The molecule has 0 aromatic heterocycles. The summed E-state index contributed by atoms with van der Waals surface area (Å²) in [4.78, 5) is 0. The third kappa shape index (κ3) is 8.85. The zero-order chi connectivity index (χ0) is 10.6. The summed E-state index contributed by atoms with van der Waals surface area (Å²) in [5.41, 5.74) is 0. The van der Waals surface area contributed by atoms with Crippen LogP contribution in [0.3, 0.4) is 0 Å². The first-order chi connectivity index (χ1) is 6.85. The van der Waals surface area contributed by atoms with E-state index in [-0.39, 0.29) is 12.7 Å². The van der Waals surface area contributed by atoms with E-state index < -0.39 is 0 Å². The second kappa shape index (κ2) is 11.3. The molecule has 0 aromatic carbocycles. The summed E-state index contributed by atoms with van der Waals surface area (Å²) < 4.78 is 5.42. The maximum Gasteiger partial charge on any atom is 0.0893 e. The van der Waals surface area contributed by atoms with E-state index in [0.717, 1.165) is 13.0 Å². The summed E-state index contributed by atoms with van der Waals surface area (Å²) in [6.45, 7) is 3.07. The lowest BCUT2D eigenvalue weighted by atomic mass is 10.1. The number of aliphatic hydroxyl groups excluding tert-OH is 1. The van der Waals surface area contributed by atoms with Gasteiger partial charge in [0.05, 0.1) is 12.7 Å². The molecular formula is C11H24O2S. The molecule has 0 aliphatic carbocycles. The molecule has 0 aliphatic heterocycles. The molecule has 0 spiro atoms. The molecule has 0 saturated carbocycles. The van der Waals surface area contributed by atoms with E-state index in [1.807, 2.05) is 0 Å². The quantitative estimate of drug-likeness (QED) is 0.438. The van der Waals surface area contributed by atoms with Gasteiger partial charge in [-0.05, 0) is 6.42 Å². The van der Waals surface area contributed by atoms with Crippen molar-refractivity contribution >= 4 is 12.6 Å². The third-order valence-electron chi connectivity index (χ3n) is 2.26. The zero-order valence-corrected chi connectivity index (χ0v) is 10.1. The third-order valence-corrected chi connectivity index (χ3v) is 2.67. The Morgan fingerprint density at radius 3 is 2.36 bits per heavy atom. The molecule has 0 aliphatic rings. The molecule has 14 heavy (non-hydrogen) atoms. The van der Waals surface area contributed by atoms with Crippen LogP contribution in [0.25, 0.3) is 0 Å². The van der Waals surface area contributed by atoms with Gasteiger partial charge in [0.25, 0.3) is 0 Å². The van der Waals surface area contributed by atoms with Crippen LogP contribution in [0.4, 0.5) is 0 Å². The number of unbranched alkanes of at least 4 members (excludes halogenated alkanes) is 5. The topological polar surface area (TPSA) is 29.5 Å². The highest BCUT2D eigenvalue weighted by molar-refractivity contribution is 7.80. The Labute approximate surface area is 93.5 Å². The molecular weight excluding hydrogens is 196 g/mol. The Kier molecular flexibility index (Phi) is 11.6. The van der Waals surface area contributed by atoms with Crippen LogP contribution in [0, 0.1) is 0 Å². The van der Waals surface area contributed by atoms with Crippen LogP contribution in [-0.2, 0) is 4.74 Å². The van der Waals surface area contributed by atoms with Crippen molar-refractivity contribution in [2.75, 3.05) is 19.0 Å². The van der Waals surface area contributed by atoms with Crippen LogP contribution < -0.4 is 0 Å². The molecule has 86 valence electrons. The Morgan fingerprint density at radius 1 is 1.14 bits per heavy atom. The van der Waals surface area contributed by atoms with E-state index in [4.69, 9.17) is 9.84 Å². The predicted molar refractivity (Wildman–Crippen MR) is 64.1 cm³/mol. The van der Waals surface area contributed by atoms with E-state index in [2.05, 4.69) is 19.6 Å². The Hall–Kier alpha value is 0.270. The van der Waals surface area contributed by atoms with E-state index >= 15 is 0 Å². The molecule has 1 N–H and O–H groups in total. The Bertz CT molecular complexity index is 105. The molecule has 2 nitrogen and oxygen atoms in total. The summed E-state index contributed by atoms with van der Waals surface area (Å²) >= 11 is 4.08. The minimum atomic E-state index is -0.0750.